The van der Waals surface area contributed by atoms with Gasteiger partial charge in [0, 0.05) is 30.2 Å². The highest BCUT2D eigenvalue weighted by Gasteiger charge is 2.18. The summed E-state index contributed by atoms with van der Waals surface area (Å²) in [5.41, 5.74) is 2.07. The van der Waals surface area contributed by atoms with E-state index in [0.717, 1.165) is 24.3 Å². The molecule has 0 spiro atoms. The lowest BCUT2D eigenvalue weighted by atomic mass is 10.1. The van der Waals surface area contributed by atoms with Crippen LogP contribution in [0.2, 0.25) is 0 Å². The van der Waals surface area contributed by atoms with Gasteiger partial charge in [0.1, 0.15) is 5.75 Å². The standard InChI is InChI=1S/C16H18N4O2S/c1-11-5-4-8-20(10-11)16(21)18-15-17-14(19-23-15)12-6-3-7-13(9-12)22-2/h3,5-7,9H,4,8,10H2,1-2H3,(H,17,18,19,21). The van der Waals surface area contributed by atoms with E-state index in [4.69, 9.17) is 4.74 Å². The van der Waals surface area contributed by atoms with Gasteiger partial charge in [0.2, 0.25) is 5.13 Å². The molecule has 120 valence electrons. The Hall–Kier alpha value is -2.41. The molecule has 6 nitrogen and oxygen atoms in total. The van der Waals surface area contributed by atoms with Crippen LogP contribution in [0.15, 0.2) is 35.9 Å². The quantitative estimate of drug-likeness (QED) is 0.876. The predicted octanol–water partition coefficient (Wildman–Crippen LogP) is 3.40. The summed E-state index contributed by atoms with van der Waals surface area (Å²) in [6.45, 7) is 3.42. The van der Waals surface area contributed by atoms with E-state index in [1.807, 2.05) is 31.2 Å². The average molecular weight is 330 g/mol. The molecular formula is C16H18N4O2S. The van der Waals surface area contributed by atoms with Gasteiger partial charge in [-0.05, 0) is 25.5 Å². The summed E-state index contributed by atoms with van der Waals surface area (Å²) in [5, 5.41) is 3.32. The van der Waals surface area contributed by atoms with Crippen molar-refractivity contribution in [2.75, 3.05) is 25.5 Å². The van der Waals surface area contributed by atoms with Crippen LogP contribution in [0.25, 0.3) is 11.4 Å². The first kappa shape index (κ1) is 15.5. The van der Waals surface area contributed by atoms with Gasteiger partial charge in [-0.25, -0.2) is 4.79 Å². The van der Waals surface area contributed by atoms with Crippen LogP contribution < -0.4 is 10.1 Å². The third-order valence-electron chi connectivity index (χ3n) is 3.59. The largest absolute Gasteiger partial charge is 0.497 e. The summed E-state index contributed by atoms with van der Waals surface area (Å²) in [6, 6.07) is 7.40. The predicted molar refractivity (Wildman–Crippen MR) is 90.9 cm³/mol. The molecule has 1 aromatic heterocycles. The van der Waals surface area contributed by atoms with Crippen LogP contribution >= 0.6 is 11.5 Å². The van der Waals surface area contributed by atoms with Crippen molar-refractivity contribution < 1.29 is 9.53 Å². The van der Waals surface area contributed by atoms with Crippen LogP contribution in [0.3, 0.4) is 0 Å². The molecule has 0 saturated heterocycles. The lowest BCUT2D eigenvalue weighted by Crippen LogP contribution is -2.38. The molecule has 1 aliphatic heterocycles. The van der Waals surface area contributed by atoms with Crippen molar-refractivity contribution in [1.29, 1.82) is 0 Å². The average Bonchev–Trinajstić information content (AvgIpc) is 3.03. The molecule has 0 saturated carbocycles. The van der Waals surface area contributed by atoms with E-state index in [0.29, 0.717) is 17.5 Å². The number of nitrogens with zero attached hydrogens (tertiary/aromatic N) is 3. The Morgan fingerprint density at radius 3 is 3.09 bits per heavy atom. The van der Waals surface area contributed by atoms with Crippen molar-refractivity contribution in [3.63, 3.8) is 0 Å². The van der Waals surface area contributed by atoms with Gasteiger partial charge in [-0.1, -0.05) is 23.8 Å². The second-order valence-electron chi connectivity index (χ2n) is 5.35. The molecule has 0 bridgehead atoms. The Labute approximate surface area is 139 Å². The summed E-state index contributed by atoms with van der Waals surface area (Å²) in [4.78, 5) is 18.4. The van der Waals surface area contributed by atoms with Crippen LogP contribution in [0.5, 0.6) is 5.75 Å². The van der Waals surface area contributed by atoms with Crippen LogP contribution in [0.1, 0.15) is 13.3 Å². The zero-order valence-corrected chi connectivity index (χ0v) is 13.9. The van der Waals surface area contributed by atoms with Gasteiger partial charge in [0.15, 0.2) is 5.82 Å². The molecule has 0 atom stereocenters. The van der Waals surface area contributed by atoms with Crippen LogP contribution in [0.4, 0.5) is 9.93 Å². The number of amides is 2. The number of carbonyl (C=O) groups excluding carboxylic acids is 1. The number of urea groups is 1. The van der Waals surface area contributed by atoms with E-state index >= 15 is 0 Å². The molecule has 23 heavy (non-hydrogen) atoms. The van der Waals surface area contributed by atoms with Crippen molar-refractivity contribution in [3.8, 4) is 17.1 Å². The lowest BCUT2D eigenvalue weighted by Gasteiger charge is -2.25. The Kier molecular flexibility index (Phi) is 4.57. The molecule has 2 aromatic rings. The van der Waals surface area contributed by atoms with Crippen molar-refractivity contribution in [2.24, 2.45) is 0 Å². The number of carbonyl (C=O) groups is 1. The lowest BCUT2D eigenvalue weighted by molar-refractivity contribution is 0.215. The topological polar surface area (TPSA) is 67.3 Å². The first-order chi connectivity index (χ1) is 11.2. The Morgan fingerprint density at radius 2 is 2.30 bits per heavy atom. The number of rotatable bonds is 3. The van der Waals surface area contributed by atoms with Crippen molar-refractivity contribution in [3.05, 3.63) is 35.9 Å². The number of aromatic nitrogens is 2. The molecule has 1 N–H and O–H groups in total. The van der Waals surface area contributed by atoms with E-state index in [2.05, 4.69) is 20.8 Å². The maximum Gasteiger partial charge on any atom is 0.323 e. The first-order valence-corrected chi connectivity index (χ1v) is 8.13. The number of benzene rings is 1. The van der Waals surface area contributed by atoms with E-state index < -0.39 is 0 Å². The van der Waals surface area contributed by atoms with E-state index in [9.17, 15) is 4.79 Å². The van der Waals surface area contributed by atoms with Gasteiger partial charge in [-0.3, -0.25) is 5.32 Å². The fourth-order valence-corrected chi connectivity index (χ4v) is 2.99. The smallest absolute Gasteiger partial charge is 0.323 e. The molecule has 7 heteroatoms. The fourth-order valence-electron chi connectivity index (χ4n) is 2.41. The molecule has 0 aliphatic carbocycles. The number of methoxy groups -OCH3 is 1. The molecule has 0 unspecified atom stereocenters. The Morgan fingerprint density at radius 1 is 1.43 bits per heavy atom. The van der Waals surface area contributed by atoms with E-state index in [1.165, 1.54) is 17.1 Å². The SMILES string of the molecule is COc1cccc(-c2nsc(NC(=O)N3CCC=C(C)C3)n2)c1. The van der Waals surface area contributed by atoms with Gasteiger partial charge in [-0.15, -0.1) is 0 Å². The maximum atomic E-state index is 12.3. The third-order valence-corrected chi connectivity index (χ3v) is 4.22. The van der Waals surface area contributed by atoms with Crippen LogP contribution in [0, 0.1) is 0 Å². The Balaban J connectivity index is 1.69. The highest BCUT2D eigenvalue weighted by atomic mass is 32.1. The maximum absolute atomic E-state index is 12.3. The second kappa shape index (κ2) is 6.78. The molecule has 1 aromatic carbocycles. The minimum Gasteiger partial charge on any atom is -0.497 e. The third kappa shape index (κ3) is 3.68. The second-order valence-corrected chi connectivity index (χ2v) is 6.10. The number of hydrogen-bond acceptors (Lipinski definition) is 5. The van der Waals surface area contributed by atoms with Gasteiger partial charge >= 0.3 is 6.03 Å². The summed E-state index contributed by atoms with van der Waals surface area (Å²) >= 11 is 1.18. The van der Waals surface area contributed by atoms with Crippen LogP contribution in [-0.2, 0) is 0 Å². The fraction of sp³-hybridized carbons (Fsp3) is 0.312. The summed E-state index contributed by atoms with van der Waals surface area (Å²) in [5.74, 6) is 1.33. The Bertz CT molecular complexity index is 741. The van der Waals surface area contributed by atoms with Crippen molar-refractivity contribution in [2.45, 2.75) is 13.3 Å². The highest BCUT2D eigenvalue weighted by molar-refractivity contribution is 7.10. The summed E-state index contributed by atoms with van der Waals surface area (Å²) < 4.78 is 9.51. The van der Waals surface area contributed by atoms with Gasteiger partial charge in [0.05, 0.1) is 7.11 Å². The van der Waals surface area contributed by atoms with E-state index in [-0.39, 0.29) is 6.03 Å². The number of nitrogens with one attached hydrogen (secondary N) is 1. The van der Waals surface area contributed by atoms with Gasteiger partial charge in [0.25, 0.3) is 0 Å². The van der Waals surface area contributed by atoms with Gasteiger partial charge < -0.3 is 9.64 Å². The number of ether oxygens (including phenoxy) is 1. The normalized spacial score (nSPS) is 14.3. The minimum absolute atomic E-state index is 0.134. The zero-order valence-electron chi connectivity index (χ0n) is 13.1. The highest BCUT2D eigenvalue weighted by Crippen LogP contribution is 2.24. The van der Waals surface area contributed by atoms with Crippen molar-refractivity contribution in [1.82, 2.24) is 14.3 Å². The monoisotopic (exact) mass is 330 g/mol. The van der Waals surface area contributed by atoms with Crippen LogP contribution in [-0.4, -0.2) is 40.5 Å². The van der Waals surface area contributed by atoms with E-state index in [1.54, 1.807) is 12.0 Å². The molecule has 2 amide bonds. The molecule has 3 rings (SSSR count). The van der Waals surface area contributed by atoms with Gasteiger partial charge in [-0.2, -0.15) is 9.36 Å². The number of anilines is 1. The molecule has 0 fully saturated rings. The molecule has 0 radical (unpaired) electrons. The minimum atomic E-state index is -0.134. The first-order valence-electron chi connectivity index (χ1n) is 7.35. The molecule has 2 heterocycles. The number of hydrogen-bond donors (Lipinski definition) is 1. The summed E-state index contributed by atoms with van der Waals surface area (Å²) in [6.07, 6.45) is 3.06. The molecular weight excluding hydrogens is 312 g/mol. The summed E-state index contributed by atoms with van der Waals surface area (Å²) in [7, 11) is 1.62. The molecule has 1 aliphatic rings. The zero-order chi connectivity index (χ0) is 16.2. The van der Waals surface area contributed by atoms with Crippen molar-refractivity contribution >= 4 is 22.7 Å².